The minimum Gasteiger partial charge on any atom is -0.467 e. The summed E-state index contributed by atoms with van der Waals surface area (Å²) in [5.74, 6) is -1.20. The van der Waals surface area contributed by atoms with Gasteiger partial charge in [0.2, 0.25) is 0 Å². The quantitative estimate of drug-likeness (QED) is 0.438. The highest BCUT2D eigenvalue weighted by Crippen LogP contribution is 2.10. The molecule has 1 aromatic carbocycles. The van der Waals surface area contributed by atoms with Gasteiger partial charge >= 0.3 is 11.9 Å². The standard InChI is InChI=1S/C12H14O5/c1-3-16-10(11(13)15-2)12(14)17-9-7-5-4-6-8-9/h4-8,10H,3H2,1-2H3. The molecule has 0 heterocycles. The van der Waals surface area contributed by atoms with E-state index in [1.165, 1.54) is 7.11 Å². The van der Waals surface area contributed by atoms with Gasteiger partial charge in [-0.1, -0.05) is 18.2 Å². The second kappa shape index (κ2) is 6.65. The second-order valence-corrected chi connectivity index (χ2v) is 3.09. The lowest BCUT2D eigenvalue weighted by atomic mass is 10.3. The Morgan fingerprint density at radius 3 is 2.35 bits per heavy atom. The molecule has 1 aromatic rings. The summed E-state index contributed by atoms with van der Waals surface area (Å²) in [5.41, 5.74) is 0. The maximum Gasteiger partial charge on any atom is 0.352 e. The minimum atomic E-state index is -1.34. The van der Waals surface area contributed by atoms with Crippen LogP contribution in [0.5, 0.6) is 5.75 Å². The fraction of sp³-hybridized carbons (Fsp3) is 0.333. The Morgan fingerprint density at radius 1 is 1.18 bits per heavy atom. The zero-order valence-electron chi connectivity index (χ0n) is 9.71. The van der Waals surface area contributed by atoms with E-state index in [0.717, 1.165) is 0 Å². The number of carbonyl (C=O) groups is 2. The second-order valence-electron chi connectivity index (χ2n) is 3.09. The van der Waals surface area contributed by atoms with Crippen molar-refractivity contribution in [1.29, 1.82) is 0 Å². The fourth-order valence-corrected chi connectivity index (χ4v) is 1.16. The summed E-state index contributed by atoms with van der Waals surface area (Å²) in [6.07, 6.45) is -1.34. The van der Waals surface area contributed by atoms with E-state index < -0.39 is 18.0 Å². The van der Waals surface area contributed by atoms with E-state index in [0.29, 0.717) is 5.75 Å². The number of carbonyl (C=O) groups excluding carboxylic acids is 2. The van der Waals surface area contributed by atoms with Gasteiger partial charge in [0, 0.05) is 6.61 Å². The molecule has 92 valence electrons. The van der Waals surface area contributed by atoms with E-state index in [1.54, 1.807) is 37.3 Å². The molecule has 0 saturated heterocycles. The topological polar surface area (TPSA) is 61.8 Å². The normalized spacial score (nSPS) is 11.6. The van der Waals surface area contributed by atoms with E-state index in [9.17, 15) is 9.59 Å². The van der Waals surface area contributed by atoms with Gasteiger partial charge in [0.25, 0.3) is 6.10 Å². The molecular formula is C12H14O5. The van der Waals surface area contributed by atoms with Crippen LogP contribution in [0.25, 0.3) is 0 Å². The molecule has 0 aromatic heterocycles. The van der Waals surface area contributed by atoms with Crippen LogP contribution in [-0.4, -0.2) is 31.8 Å². The molecule has 1 atom stereocenters. The smallest absolute Gasteiger partial charge is 0.352 e. The first-order chi connectivity index (χ1) is 8.19. The summed E-state index contributed by atoms with van der Waals surface area (Å²) in [6.45, 7) is 1.88. The summed E-state index contributed by atoms with van der Waals surface area (Å²) < 4.78 is 14.4. The van der Waals surface area contributed by atoms with Crippen LogP contribution in [0.15, 0.2) is 30.3 Å². The van der Waals surface area contributed by atoms with Crippen LogP contribution in [0.3, 0.4) is 0 Å². The van der Waals surface area contributed by atoms with Crippen LogP contribution < -0.4 is 4.74 Å². The fourth-order valence-electron chi connectivity index (χ4n) is 1.16. The average Bonchev–Trinajstić information content (AvgIpc) is 2.36. The number of ether oxygens (including phenoxy) is 3. The molecule has 0 N–H and O–H groups in total. The van der Waals surface area contributed by atoms with Crippen LogP contribution in [-0.2, 0) is 19.1 Å². The lowest BCUT2D eigenvalue weighted by Crippen LogP contribution is -2.37. The van der Waals surface area contributed by atoms with Gasteiger partial charge in [0.1, 0.15) is 5.75 Å². The van der Waals surface area contributed by atoms with Crippen molar-refractivity contribution in [3.63, 3.8) is 0 Å². The van der Waals surface area contributed by atoms with E-state index in [4.69, 9.17) is 9.47 Å². The van der Waals surface area contributed by atoms with Gasteiger partial charge in [-0.15, -0.1) is 0 Å². The van der Waals surface area contributed by atoms with Crippen molar-refractivity contribution < 1.29 is 23.8 Å². The van der Waals surface area contributed by atoms with Crippen molar-refractivity contribution >= 4 is 11.9 Å². The molecule has 17 heavy (non-hydrogen) atoms. The third kappa shape index (κ3) is 3.88. The maximum absolute atomic E-state index is 11.7. The maximum atomic E-state index is 11.7. The molecule has 0 aliphatic rings. The molecule has 0 aliphatic carbocycles. The van der Waals surface area contributed by atoms with Gasteiger partial charge < -0.3 is 14.2 Å². The van der Waals surface area contributed by atoms with E-state index in [2.05, 4.69) is 4.74 Å². The molecule has 0 bridgehead atoms. The van der Waals surface area contributed by atoms with Crippen molar-refractivity contribution in [2.24, 2.45) is 0 Å². The average molecular weight is 238 g/mol. The number of rotatable bonds is 5. The number of hydrogen-bond donors (Lipinski definition) is 0. The molecule has 5 heteroatoms. The van der Waals surface area contributed by atoms with Crippen molar-refractivity contribution in [2.75, 3.05) is 13.7 Å². The first kappa shape index (κ1) is 13.2. The monoisotopic (exact) mass is 238 g/mol. The number of para-hydroxylation sites is 1. The molecule has 0 aliphatic heterocycles. The van der Waals surface area contributed by atoms with Crippen LogP contribution >= 0.6 is 0 Å². The Labute approximate surface area is 99.3 Å². The highest BCUT2D eigenvalue weighted by molar-refractivity contribution is 5.98. The third-order valence-corrected chi connectivity index (χ3v) is 1.92. The van der Waals surface area contributed by atoms with Crippen LogP contribution in [0.1, 0.15) is 6.92 Å². The Morgan fingerprint density at radius 2 is 1.82 bits per heavy atom. The SMILES string of the molecule is CCOC(C(=O)OC)C(=O)Oc1ccccc1. The summed E-state index contributed by atoms with van der Waals surface area (Å²) in [7, 11) is 1.18. The predicted octanol–water partition coefficient (Wildman–Crippen LogP) is 1.17. The summed E-state index contributed by atoms with van der Waals surface area (Å²) in [6, 6.07) is 8.45. The third-order valence-electron chi connectivity index (χ3n) is 1.92. The number of methoxy groups -OCH3 is 1. The zero-order valence-corrected chi connectivity index (χ0v) is 9.71. The van der Waals surface area contributed by atoms with Crippen LogP contribution in [0.2, 0.25) is 0 Å². The lowest BCUT2D eigenvalue weighted by Gasteiger charge is -2.13. The summed E-state index contributed by atoms with van der Waals surface area (Å²) >= 11 is 0. The van der Waals surface area contributed by atoms with E-state index in [1.807, 2.05) is 0 Å². The largest absolute Gasteiger partial charge is 0.467 e. The highest BCUT2D eigenvalue weighted by atomic mass is 16.6. The Bertz CT molecular complexity index is 374. The molecule has 1 unspecified atom stereocenters. The van der Waals surface area contributed by atoms with Gasteiger partial charge in [-0.3, -0.25) is 0 Å². The summed E-state index contributed by atoms with van der Waals surface area (Å²) in [4.78, 5) is 22.9. The number of benzene rings is 1. The lowest BCUT2D eigenvalue weighted by molar-refractivity contribution is -0.166. The van der Waals surface area contributed by atoms with Gasteiger partial charge in [0.15, 0.2) is 0 Å². The van der Waals surface area contributed by atoms with E-state index in [-0.39, 0.29) is 6.61 Å². The van der Waals surface area contributed by atoms with Crippen molar-refractivity contribution in [1.82, 2.24) is 0 Å². The van der Waals surface area contributed by atoms with Gasteiger partial charge in [-0.25, -0.2) is 9.59 Å². The van der Waals surface area contributed by atoms with Gasteiger partial charge in [0.05, 0.1) is 7.11 Å². The molecular weight excluding hydrogens is 224 g/mol. The van der Waals surface area contributed by atoms with Crippen LogP contribution in [0.4, 0.5) is 0 Å². The zero-order chi connectivity index (χ0) is 12.7. The molecule has 1 rings (SSSR count). The molecule has 0 spiro atoms. The predicted molar refractivity (Wildman–Crippen MR) is 59.5 cm³/mol. The van der Waals surface area contributed by atoms with Gasteiger partial charge in [-0.05, 0) is 19.1 Å². The van der Waals surface area contributed by atoms with E-state index >= 15 is 0 Å². The van der Waals surface area contributed by atoms with Crippen molar-refractivity contribution in [2.45, 2.75) is 13.0 Å². The summed E-state index contributed by atoms with van der Waals surface area (Å²) in [5, 5.41) is 0. The Balaban J connectivity index is 2.69. The Hall–Kier alpha value is -1.88. The highest BCUT2D eigenvalue weighted by Gasteiger charge is 2.30. The molecule has 0 saturated carbocycles. The minimum absolute atomic E-state index is 0.212. The number of esters is 2. The molecule has 0 fully saturated rings. The first-order valence-corrected chi connectivity index (χ1v) is 5.15. The first-order valence-electron chi connectivity index (χ1n) is 5.15. The van der Waals surface area contributed by atoms with Crippen molar-refractivity contribution in [3.05, 3.63) is 30.3 Å². The van der Waals surface area contributed by atoms with Crippen LogP contribution in [0, 0.1) is 0 Å². The number of hydrogen-bond acceptors (Lipinski definition) is 5. The molecule has 0 amide bonds. The Kier molecular flexibility index (Phi) is 5.16. The molecule has 5 nitrogen and oxygen atoms in total. The molecule has 0 radical (unpaired) electrons. The van der Waals surface area contributed by atoms with Crippen molar-refractivity contribution in [3.8, 4) is 5.75 Å². The van der Waals surface area contributed by atoms with Gasteiger partial charge in [-0.2, -0.15) is 0 Å².